The number of fused-ring (bicyclic) bond motifs is 1. The van der Waals surface area contributed by atoms with Gasteiger partial charge in [0.05, 0.1) is 11.2 Å². The first-order chi connectivity index (χ1) is 9.05. The Hall–Kier alpha value is -0.410. The molecule has 3 heteroatoms. The molecule has 1 heterocycles. The number of nitrogens with one attached hydrogen (secondary N) is 1. The molecule has 1 aromatic rings. The smallest absolute Gasteiger partial charge is 0.113 e. The van der Waals surface area contributed by atoms with Gasteiger partial charge in [0.1, 0.15) is 5.01 Å². The number of thiazole rings is 1. The van der Waals surface area contributed by atoms with Gasteiger partial charge in [-0.05, 0) is 57.9 Å². The molecule has 1 aliphatic carbocycles. The first-order valence-corrected chi connectivity index (χ1v) is 8.61. The van der Waals surface area contributed by atoms with E-state index >= 15 is 0 Å². The van der Waals surface area contributed by atoms with Crippen molar-refractivity contribution >= 4 is 11.3 Å². The quantitative estimate of drug-likeness (QED) is 0.806. The van der Waals surface area contributed by atoms with Crippen LogP contribution >= 0.6 is 11.3 Å². The molecule has 0 aromatic carbocycles. The molecule has 1 aromatic heterocycles. The predicted molar refractivity (Wildman–Crippen MR) is 83.9 cm³/mol. The summed E-state index contributed by atoms with van der Waals surface area (Å²) in [5, 5.41) is 5.08. The minimum atomic E-state index is 0.0787. The maximum absolute atomic E-state index is 4.95. The molecule has 19 heavy (non-hydrogen) atoms. The van der Waals surface area contributed by atoms with Crippen LogP contribution in [0.2, 0.25) is 0 Å². The van der Waals surface area contributed by atoms with E-state index in [1.165, 1.54) is 49.2 Å². The lowest BCUT2D eigenvalue weighted by Gasteiger charge is -2.30. The van der Waals surface area contributed by atoms with Crippen LogP contribution in [-0.4, -0.2) is 11.5 Å². The number of hydrogen-bond donors (Lipinski definition) is 1. The summed E-state index contributed by atoms with van der Waals surface area (Å²) in [5.41, 5.74) is 1.46. The molecule has 1 atom stereocenters. The van der Waals surface area contributed by atoms with Crippen LogP contribution in [0.3, 0.4) is 0 Å². The number of rotatable bonds is 7. The van der Waals surface area contributed by atoms with Crippen molar-refractivity contribution in [3.8, 4) is 0 Å². The molecular weight excluding hydrogens is 252 g/mol. The van der Waals surface area contributed by atoms with Crippen LogP contribution in [0.1, 0.15) is 69.0 Å². The Morgan fingerprint density at radius 2 is 2.16 bits per heavy atom. The lowest BCUT2D eigenvalue weighted by atomic mass is 9.92. The van der Waals surface area contributed by atoms with Crippen molar-refractivity contribution in [2.75, 3.05) is 6.54 Å². The fourth-order valence-corrected chi connectivity index (χ4v) is 3.98. The van der Waals surface area contributed by atoms with Crippen LogP contribution in [0.15, 0.2) is 0 Å². The van der Waals surface area contributed by atoms with Crippen LogP contribution < -0.4 is 5.32 Å². The number of nitrogens with zero attached hydrogens (tertiary/aromatic N) is 1. The van der Waals surface area contributed by atoms with Crippen LogP contribution in [0, 0.1) is 5.92 Å². The summed E-state index contributed by atoms with van der Waals surface area (Å²) in [6.45, 7) is 10.3. The standard InChI is InChI=1S/C16H28N2S/c1-5-11-17-16(4,10-9-12(2)3)15-18-13-7-6-8-14(13)19-15/h12,17H,5-11H2,1-4H3. The van der Waals surface area contributed by atoms with E-state index in [4.69, 9.17) is 4.98 Å². The Bertz CT molecular complexity index is 389. The fourth-order valence-electron chi connectivity index (χ4n) is 2.68. The Morgan fingerprint density at radius 1 is 1.37 bits per heavy atom. The normalized spacial score (nSPS) is 17.7. The highest BCUT2D eigenvalue weighted by Gasteiger charge is 2.31. The zero-order valence-corrected chi connectivity index (χ0v) is 13.7. The molecule has 0 bridgehead atoms. The van der Waals surface area contributed by atoms with Gasteiger partial charge in [-0.3, -0.25) is 0 Å². The highest BCUT2D eigenvalue weighted by Crippen LogP contribution is 2.36. The van der Waals surface area contributed by atoms with Crippen LogP contribution in [-0.2, 0) is 18.4 Å². The molecule has 0 saturated heterocycles. The Balaban J connectivity index is 2.14. The SMILES string of the molecule is CCCNC(C)(CCC(C)C)c1nc2c(s1)CCC2. The van der Waals surface area contributed by atoms with E-state index in [1.807, 2.05) is 11.3 Å². The molecule has 2 rings (SSSR count). The van der Waals surface area contributed by atoms with Crippen LogP contribution in [0.4, 0.5) is 0 Å². The lowest BCUT2D eigenvalue weighted by Crippen LogP contribution is -2.40. The Labute approximate surface area is 122 Å². The summed E-state index contributed by atoms with van der Waals surface area (Å²) in [6.07, 6.45) is 7.39. The molecule has 0 fully saturated rings. The van der Waals surface area contributed by atoms with E-state index in [0.717, 1.165) is 12.5 Å². The predicted octanol–water partition coefficient (Wildman–Crippen LogP) is 4.28. The van der Waals surface area contributed by atoms with Crippen molar-refractivity contribution in [1.82, 2.24) is 10.3 Å². The Morgan fingerprint density at radius 3 is 2.79 bits per heavy atom. The molecule has 0 radical (unpaired) electrons. The van der Waals surface area contributed by atoms with Crippen molar-refractivity contribution < 1.29 is 0 Å². The van der Waals surface area contributed by atoms with E-state index in [0.29, 0.717) is 0 Å². The second kappa shape index (κ2) is 6.36. The van der Waals surface area contributed by atoms with Gasteiger partial charge in [0.15, 0.2) is 0 Å². The highest BCUT2D eigenvalue weighted by atomic mass is 32.1. The minimum absolute atomic E-state index is 0.0787. The van der Waals surface area contributed by atoms with Crippen LogP contribution in [0.5, 0.6) is 0 Å². The molecule has 1 unspecified atom stereocenters. The topological polar surface area (TPSA) is 24.9 Å². The van der Waals surface area contributed by atoms with E-state index in [1.54, 1.807) is 4.88 Å². The molecule has 0 amide bonds. The molecular formula is C16H28N2S. The van der Waals surface area contributed by atoms with E-state index in [9.17, 15) is 0 Å². The molecule has 1 N–H and O–H groups in total. The minimum Gasteiger partial charge on any atom is -0.306 e. The second-order valence-electron chi connectivity index (χ2n) is 6.43. The molecule has 2 nitrogen and oxygen atoms in total. The van der Waals surface area contributed by atoms with E-state index in [-0.39, 0.29) is 5.54 Å². The molecule has 0 spiro atoms. The molecule has 0 aliphatic heterocycles. The fraction of sp³-hybridized carbons (Fsp3) is 0.812. The third-order valence-electron chi connectivity index (χ3n) is 4.05. The van der Waals surface area contributed by atoms with Gasteiger partial charge >= 0.3 is 0 Å². The highest BCUT2D eigenvalue weighted by molar-refractivity contribution is 7.12. The van der Waals surface area contributed by atoms with Crippen molar-refractivity contribution in [3.05, 3.63) is 15.6 Å². The molecule has 0 saturated carbocycles. The second-order valence-corrected chi connectivity index (χ2v) is 7.52. The van der Waals surface area contributed by atoms with Crippen molar-refractivity contribution in [1.29, 1.82) is 0 Å². The van der Waals surface area contributed by atoms with Gasteiger partial charge in [0.25, 0.3) is 0 Å². The third kappa shape index (κ3) is 3.57. The number of aryl methyl sites for hydroxylation is 2. The summed E-state index contributed by atoms with van der Waals surface area (Å²) < 4.78 is 0. The Kier molecular flexibility index (Phi) is 5.02. The number of hydrogen-bond acceptors (Lipinski definition) is 3. The zero-order valence-electron chi connectivity index (χ0n) is 12.9. The van der Waals surface area contributed by atoms with Gasteiger partial charge in [-0.2, -0.15) is 0 Å². The van der Waals surface area contributed by atoms with Gasteiger partial charge < -0.3 is 5.32 Å². The summed E-state index contributed by atoms with van der Waals surface area (Å²) in [4.78, 5) is 6.50. The molecule has 108 valence electrons. The largest absolute Gasteiger partial charge is 0.306 e. The molecule has 1 aliphatic rings. The maximum atomic E-state index is 4.95. The van der Waals surface area contributed by atoms with Gasteiger partial charge in [-0.25, -0.2) is 4.98 Å². The van der Waals surface area contributed by atoms with Crippen molar-refractivity contribution in [3.63, 3.8) is 0 Å². The number of aromatic nitrogens is 1. The summed E-state index contributed by atoms with van der Waals surface area (Å²) in [6, 6.07) is 0. The van der Waals surface area contributed by atoms with E-state index < -0.39 is 0 Å². The van der Waals surface area contributed by atoms with Crippen molar-refractivity contribution in [2.45, 2.75) is 71.8 Å². The van der Waals surface area contributed by atoms with E-state index in [2.05, 4.69) is 33.0 Å². The monoisotopic (exact) mass is 280 g/mol. The summed E-state index contributed by atoms with van der Waals surface area (Å²) in [5.74, 6) is 0.759. The lowest BCUT2D eigenvalue weighted by molar-refractivity contribution is 0.311. The van der Waals surface area contributed by atoms with Gasteiger partial charge in [-0.1, -0.05) is 20.8 Å². The average molecular weight is 280 g/mol. The van der Waals surface area contributed by atoms with Gasteiger partial charge in [0.2, 0.25) is 0 Å². The summed E-state index contributed by atoms with van der Waals surface area (Å²) >= 11 is 1.96. The maximum Gasteiger partial charge on any atom is 0.113 e. The van der Waals surface area contributed by atoms with Crippen molar-refractivity contribution in [2.24, 2.45) is 5.92 Å². The first kappa shape index (κ1) is 15.0. The zero-order chi connectivity index (χ0) is 13.9. The summed E-state index contributed by atoms with van der Waals surface area (Å²) in [7, 11) is 0. The average Bonchev–Trinajstić information content (AvgIpc) is 2.94. The first-order valence-electron chi connectivity index (χ1n) is 7.79. The van der Waals surface area contributed by atoms with Gasteiger partial charge in [0, 0.05) is 4.88 Å². The third-order valence-corrected chi connectivity index (χ3v) is 5.48. The van der Waals surface area contributed by atoms with Crippen LogP contribution in [0.25, 0.3) is 0 Å². The van der Waals surface area contributed by atoms with Gasteiger partial charge in [-0.15, -0.1) is 11.3 Å².